The van der Waals surface area contributed by atoms with Gasteiger partial charge in [-0.2, -0.15) is 0 Å². The molecule has 0 unspecified atom stereocenters. The van der Waals surface area contributed by atoms with Crippen LogP contribution in [0.1, 0.15) is 0 Å². The molecule has 0 aliphatic rings. The number of phenols is 1. The predicted octanol–water partition coefficient (Wildman–Crippen LogP) is 8.21. The number of rotatable bonds is 5. The van der Waals surface area contributed by atoms with E-state index >= 15 is 0 Å². The van der Waals surface area contributed by atoms with Crippen LogP contribution in [-0.2, 0) is 21.1 Å². The van der Waals surface area contributed by atoms with Crippen molar-refractivity contribution in [3.8, 4) is 22.7 Å². The summed E-state index contributed by atoms with van der Waals surface area (Å²) in [7, 11) is 0. The van der Waals surface area contributed by atoms with Crippen molar-refractivity contribution >= 4 is 39.1 Å². The molecule has 40 heavy (non-hydrogen) atoms. The standard InChI is InChI=1S/C34H23N4O.Pt/c39-32-18-7-6-17-31(32)38-30-16-5-4-15-27(30)28-20-21-29(36-34(28)38)24-11-10-14-26(23-24)37(25-12-2-1-3-13-25)33-19-8-9-22-35-33;/h1-22,39H;/q-1;. The maximum Gasteiger partial charge on any atom is 0.139 e. The zero-order valence-corrected chi connectivity index (χ0v) is 23.5. The van der Waals surface area contributed by atoms with Gasteiger partial charge in [0.15, 0.2) is 0 Å². The van der Waals surface area contributed by atoms with Gasteiger partial charge in [-0.05, 0) is 53.8 Å². The third kappa shape index (κ3) is 4.45. The summed E-state index contributed by atoms with van der Waals surface area (Å²) in [5.41, 5.74) is 5.96. The first-order chi connectivity index (χ1) is 19.3. The minimum Gasteiger partial charge on any atom is -0.506 e. The Morgan fingerprint density at radius 1 is 0.675 bits per heavy atom. The number of phenolic OH excluding ortho intramolecular Hbond substituents is 1. The van der Waals surface area contributed by atoms with Crippen LogP contribution < -0.4 is 4.90 Å². The Labute approximate surface area is 246 Å². The molecule has 5 nitrogen and oxygen atoms in total. The molecule has 0 saturated carbocycles. The molecule has 4 aromatic carbocycles. The average Bonchev–Trinajstić information content (AvgIpc) is 3.32. The maximum absolute atomic E-state index is 10.7. The predicted molar refractivity (Wildman–Crippen MR) is 157 cm³/mol. The summed E-state index contributed by atoms with van der Waals surface area (Å²) >= 11 is 0. The van der Waals surface area contributed by atoms with Crippen LogP contribution in [0.2, 0.25) is 0 Å². The van der Waals surface area contributed by atoms with Gasteiger partial charge in [-0.1, -0.05) is 66.7 Å². The first kappa shape index (κ1) is 25.5. The fourth-order valence-electron chi connectivity index (χ4n) is 5.08. The number of hydrogen-bond donors (Lipinski definition) is 1. The van der Waals surface area contributed by atoms with Gasteiger partial charge in [-0.15, -0.1) is 29.8 Å². The average molecular weight is 699 g/mol. The molecule has 0 amide bonds. The third-order valence-corrected chi connectivity index (χ3v) is 6.83. The molecule has 3 heterocycles. The molecule has 7 rings (SSSR count). The van der Waals surface area contributed by atoms with Crippen LogP contribution in [-0.4, -0.2) is 19.6 Å². The number of pyridine rings is 2. The van der Waals surface area contributed by atoms with Gasteiger partial charge in [0.2, 0.25) is 0 Å². The van der Waals surface area contributed by atoms with Crippen LogP contribution in [0.5, 0.6) is 5.75 Å². The van der Waals surface area contributed by atoms with Crippen molar-refractivity contribution in [2.45, 2.75) is 0 Å². The maximum atomic E-state index is 10.7. The molecule has 0 fully saturated rings. The monoisotopic (exact) mass is 698 g/mol. The molecule has 6 heteroatoms. The molecule has 196 valence electrons. The van der Waals surface area contributed by atoms with Crippen LogP contribution in [0.3, 0.4) is 0 Å². The van der Waals surface area contributed by atoms with E-state index in [0.29, 0.717) is 5.69 Å². The topological polar surface area (TPSA) is 54.2 Å². The number of benzene rings is 4. The molecule has 0 spiro atoms. The van der Waals surface area contributed by atoms with E-state index in [1.54, 1.807) is 12.3 Å². The van der Waals surface area contributed by atoms with Crippen molar-refractivity contribution in [2.24, 2.45) is 0 Å². The number of fused-ring (bicyclic) bond motifs is 3. The minimum absolute atomic E-state index is 0. The molecule has 1 N–H and O–H groups in total. The van der Waals surface area contributed by atoms with Crippen LogP contribution in [0.4, 0.5) is 17.2 Å². The smallest absolute Gasteiger partial charge is 0.139 e. The molecule has 0 bridgehead atoms. The molecule has 0 radical (unpaired) electrons. The van der Waals surface area contributed by atoms with Gasteiger partial charge >= 0.3 is 0 Å². The van der Waals surface area contributed by atoms with Gasteiger partial charge in [0, 0.05) is 43.7 Å². The van der Waals surface area contributed by atoms with E-state index in [-0.39, 0.29) is 26.8 Å². The number of anilines is 3. The second kappa shape index (κ2) is 10.8. The van der Waals surface area contributed by atoms with Crippen LogP contribution in [0, 0.1) is 6.07 Å². The quantitative estimate of drug-likeness (QED) is 0.184. The fourth-order valence-corrected chi connectivity index (χ4v) is 5.08. The van der Waals surface area contributed by atoms with Crippen LogP contribution >= 0.6 is 0 Å². The van der Waals surface area contributed by atoms with E-state index in [9.17, 15) is 5.11 Å². The first-order valence-corrected chi connectivity index (χ1v) is 12.8. The molecular formula is C34H23N4OPt-. The van der Waals surface area contributed by atoms with Crippen LogP contribution in [0.25, 0.3) is 38.9 Å². The summed E-state index contributed by atoms with van der Waals surface area (Å²) in [6, 6.07) is 45.4. The minimum atomic E-state index is 0. The van der Waals surface area contributed by atoms with Gasteiger partial charge < -0.3 is 10.0 Å². The summed E-state index contributed by atoms with van der Waals surface area (Å²) in [5.74, 6) is 1.01. The SMILES string of the molecule is Oc1ccccc1-n1c2ccccc2c2ccc(-c3[c-]c(N(c4ccccc4)c4ccccn4)ccc3)nc21.[Pt]. The third-order valence-electron chi connectivity index (χ3n) is 6.83. The second-order valence-corrected chi connectivity index (χ2v) is 9.22. The molecule has 3 aromatic heterocycles. The van der Waals surface area contributed by atoms with Crippen molar-refractivity contribution in [3.63, 3.8) is 0 Å². The van der Waals surface area contributed by atoms with Gasteiger partial charge in [0.25, 0.3) is 0 Å². The Morgan fingerprint density at radius 2 is 1.45 bits per heavy atom. The van der Waals surface area contributed by atoms with Crippen molar-refractivity contribution in [1.82, 2.24) is 14.5 Å². The van der Waals surface area contributed by atoms with Crippen molar-refractivity contribution in [1.29, 1.82) is 0 Å². The van der Waals surface area contributed by atoms with Crippen LogP contribution in [0.15, 0.2) is 134 Å². The summed E-state index contributed by atoms with van der Waals surface area (Å²) in [4.78, 5) is 11.8. The molecule has 0 atom stereocenters. The number of para-hydroxylation sites is 4. The van der Waals surface area contributed by atoms with E-state index in [4.69, 9.17) is 4.98 Å². The van der Waals surface area contributed by atoms with E-state index < -0.39 is 0 Å². The van der Waals surface area contributed by atoms with Crippen molar-refractivity contribution in [2.75, 3.05) is 4.90 Å². The molecular weight excluding hydrogens is 675 g/mol. The Balaban J connectivity index is 0.00000289. The molecule has 0 aliphatic carbocycles. The number of aromatic nitrogens is 3. The Hall–Kier alpha value is -4.73. The number of aromatic hydroxyl groups is 1. The second-order valence-electron chi connectivity index (χ2n) is 9.22. The summed E-state index contributed by atoms with van der Waals surface area (Å²) in [6.07, 6.45) is 1.79. The van der Waals surface area contributed by atoms with E-state index in [1.807, 2.05) is 95.6 Å². The number of hydrogen-bond acceptors (Lipinski definition) is 4. The zero-order chi connectivity index (χ0) is 26.2. The Morgan fingerprint density at radius 3 is 2.27 bits per heavy atom. The Kier molecular flexibility index (Phi) is 6.89. The number of nitrogens with zero attached hydrogens (tertiary/aromatic N) is 4. The van der Waals surface area contributed by atoms with Gasteiger partial charge in [-0.25, -0.2) is 4.98 Å². The molecule has 7 aromatic rings. The first-order valence-electron chi connectivity index (χ1n) is 12.8. The summed E-state index contributed by atoms with van der Waals surface area (Å²) in [6.45, 7) is 0. The molecule has 0 saturated heterocycles. The summed E-state index contributed by atoms with van der Waals surface area (Å²) in [5, 5.41) is 12.8. The van der Waals surface area contributed by atoms with E-state index in [1.165, 1.54) is 0 Å². The van der Waals surface area contributed by atoms with E-state index in [0.717, 1.165) is 50.4 Å². The van der Waals surface area contributed by atoms with Crippen molar-refractivity contribution < 1.29 is 26.2 Å². The van der Waals surface area contributed by atoms with Gasteiger partial charge in [0.1, 0.15) is 17.2 Å². The molecule has 0 aliphatic heterocycles. The van der Waals surface area contributed by atoms with Gasteiger partial charge in [-0.3, -0.25) is 9.55 Å². The largest absolute Gasteiger partial charge is 0.506 e. The fraction of sp³-hybridized carbons (Fsp3) is 0. The van der Waals surface area contributed by atoms with Crippen molar-refractivity contribution in [3.05, 3.63) is 140 Å². The zero-order valence-electron chi connectivity index (χ0n) is 21.3. The van der Waals surface area contributed by atoms with E-state index in [2.05, 4.69) is 46.3 Å². The Bertz CT molecular complexity index is 1900. The summed E-state index contributed by atoms with van der Waals surface area (Å²) < 4.78 is 2.03. The normalized spacial score (nSPS) is 10.9. The van der Waals surface area contributed by atoms with Gasteiger partial charge in [0.05, 0.1) is 11.2 Å².